The SMILES string of the molecule is C[C@@H]1CNC[C@H]1C(=O)Nc1cc2c(cc1Br)OCCO2. The van der Waals surface area contributed by atoms with Crippen LogP contribution in [0.5, 0.6) is 11.5 Å². The van der Waals surface area contributed by atoms with Crippen molar-refractivity contribution in [3.05, 3.63) is 16.6 Å². The molecule has 1 aromatic rings. The van der Waals surface area contributed by atoms with Crippen molar-refractivity contribution in [3.8, 4) is 11.5 Å². The predicted octanol–water partition coefficient (Wildman–Crippen LogP) is 2.01. The summed E-state index contributed by atoms with van der Waals surface area (Å²) in [6.45, 7) is 4.79. The number of nitrogens with one attached hydrogen (secondary N) is 2. The zero-order chi connectivity index (χ0) is 14.1. The number of halogens is 1. The predicted molar refractivity (Wildman–Crippen MR) is 79.3 cm³/mol. The van der Waals surface area contributed by atoms with Gasteiger partial charge in [0.15, 0.2) is 11.5 Å². The number of hydrogen-bond acceptors (Lipinski definition) is 4. The van der Waals surface area contributed by atoms with E-state index in [9.17, 15) is 4.79 Å². The van der Waals surface area contributed by atoms with Crippen LogP contribution in [0.3, 0.4) is 0 Å². The first kappa shape index (κ1) is 13.7. The van der Waals surface area contributed by atoms with Crippen LogP contribution in [0, 0.1) is 11.8 Å². The molecule has 0 spiro atoms. The molecule has 108 valence electrons. The molecule has 6 heteroatoms. The van der Waals surface area contributed by atoms with E-state index in [1.54, 1.807) is 0 Å². The van der Waals surface area contributed by atoms with E-state index in [0.29, 0.717) is 30.6 Å². The molecule has 5 nitrogen and oxygen atoms in total. The van der Waals surface area contributed by atoms with Crippen LogP contribution in [0.2, 0.25) is 0 Å². The van der Waals surface area contributed by atoms with E-state index in [0.717, 1.165) is 23.2 Å². The third kappa shape index (κ3) is 2.62. The summed E-state index contributed by atoms with van der Waals surface area (Å²) < 4.78 is 11.8. The maximum absolute atomic E-state index is 12.3. The summed E-state index contributed by atoms with van der Waals surface area (Å²) in [6.07, 6.45) is 0. The minimum atomic E-state index is 0.00935. The van der Waals surface area contributed by atoms with Gasteiger partial charge in [-0.2, -0.15) is 0 Å². The van der Waals surface area contributed by atoms with Crippen molar-refractivity contribution in [3.63, 3.8) is 0 Å². The Hall–Kier alpha value is -1.27. The van der Waals surface area contributed by atoms with E-state index in [1.807, 2.05) is 12.1 Å². The number of benzene rings is 1. The summed E-state index contributed by atoms with van der Waals surface area (Å²) in [6, 6.07) is 3.64. The fourth-order valence-electron chi connectivity index (χ4n) is 2.55. The molecule has 2 N–H and O–H groups in total. The molecule has 2 heterocycles. The lowest BCUT2D eigenvalue weighted by Gasteiger charge is -2.21. The van der Waals surface area contributed by atoms with Crippen LogP contribution >= 0.6 is 15.9 Å². The van der Waals surface area contributed by atoms with Crippen LogP contribution in [0.1, 0.15) is 6.92 Å². The Morgan fingerprint density at radius 3 is 2.65 bits per heavy atom. The molecule has 0 unspecified atom stereocenters. The second-order valence-corrected chi connectivity index (χ2v) is 6.06. The molecule has 1 amide bonds. The summed E-state index contributed by atoms with van der Waals surface area (Å²) in [5, 5.41) is 6.21. The Bertz CT molecular complexity index is 535. The van der Waals surface area contributed by atoms with Crippen molar-refractivity contribution >= 4 is 27.5 Å². The number of fused-ring (bicyclic) bond motifs is 1. The molecule has 0 saturated carbocycles. The Morgan fingerprint density at radius 1 is 1.30 bits per heavy atom. The number of amides is 1. The van der Waals surface area contributed by atoms with Crippen molar-refractivity contribution in [1.29, 1.82) is 0 Å². The number of anilines is 1. The van der Waals surface area contributed by atoms with Crippen molar-refractivity contribution in [2.24, 2.45) is 11.8 Å². The largest absolute Gasteiger partial charge is 0.486 e. The van der Waals surface area contributed by atoms with Gasteiger partial charge in [-0.25, -0.2) is 0 Å². The molecule has 1 aromatic carbocycles. The smallest absolute Gasteiger partial charge is 0.229 e. The van der Waals surface area contributed by atoms with Gasteiger partial charge in [-0.05, 0) is 28.4 Å². The Morgan fingerprint density at radius 2 is 2.00 bits per heavy atom. The minimum Gasteiger partial charge on any atom is -0.486 e. The third-order valence-corrected chi connectivity index (χ3v) is 4.40. The lowest BCUT2D eigenvalue weighted by Crippen LogP contribution is -2.28. The van der Waals surface area contributed by atoms with Gasteiger partial charge in [0.05, 0.1) is 11.6 Å². The second-order valence-electron chi connectivity index (χ2n) is 5.21. The Labute approximate surface area is 126 Å². The van der Waals surface area contributed by atoms with E-state index in [1.165, 1.54) is 0 Å². The van der Waals surface area contributed by atoms with Gasteiger partial charge in [0.2, 0.25) is 5.91 Å². The van der Waals surface area contributed by atoms with E-state index in [-0.39, 0.29) is 11.8 Å². The highest BCUT2D eigenvalue weighted by Crippen LogP contribution is 2.38. The summed E-state index contributed by atoms with van der Waals surface area (Å²) in [7, 11) is 0. The van der Waals surface area contributed by atoms with E-state index in [2.05, 4.69) is 33.5 Å². The summed E-state index contributed by atoms with van der Waals surface area (Å²) in [5.41, 5.74) is 0.721. The van der Waals surface area contributed by atoms with Crippen molar-refractivity contribution in [2.45, 2.75) is 6.92 Å². The molecule has 1 fully saturated rings. The first-order valence-electron chi connectivity index (χ1n) is 6.76. The molecule has 2 atom stereocenters. The zero-order valence-electron chi connectivity index (χ0n) is 11.2. The normalized spacial score (nSPS) is 24.5. The quantitative estimate of drug-likeness (QED) is 0.864. The van der Waals surface area contributed by atoms with Gasteiger partial charge in [0.1, 0.15) is 13.2 Å². The fourth-order valence-corrected chi connectivity index (χ4v) is 2.97. The third-order valence-electron chi connectivity index (χ3n) is 3.74. The van der Waals surface area contributed by atoms with Gasteiger partial charge in [-0.15, -0.1) is 0 Å². The molecule has 0 radical (unpaired) electrons. The van der Waals surface area contributed by atoms with Gasteiger partial charge >= 0.3 is 0 Å². The second kappa shape index (κ2) is 5.61. The van der Waals surface area contributed by atoms with Crippen molar-refractivity contribution in [2.75, 3.05) is 31.6 Å². The zero-order valence-corrected chi connectivity index (χ0v) is 12.8. The number of carbonyl (C=O) groups is 1. The lowest BCUT2D eigenvalue weighted by atomic mass is 9.97. The molecule has 0 bridgehead atoms. The molecule has 0 aromatic heterocycles. The monoisotopic (exact) mass is 340 g/mol. The maximum atomic E-state index is 12.3. The van der Waals surface area contributed by atoms with Crippen molar-refractivity contribution < 1.29 is 14.3 Å². The lowest BCUT2D eigenvalue weighted by molar-refractivity contribution is -0.120. The molecule has 3 rings (SSSR count). The van der Waals surface area contributed by atoms with Crippen LogP contribution in [-0.2, 0) is 4.79 Å². The minimum absolute atomic E-state index is 0.00935. The molecular formula is C14H17BrN2O3. The van der Waals surface area contributed by atoms with Gasteiger partial charge in [-0.1, -0.05) is 6.92 Å². The van der Waals surface area contributed by atoms with Gasteiger partial charge in [0.25, 0.3) is 0 Å². The summed E-state index contributed by atoms with van der Waals surface area (Å²) in [5.74, 6) is 1.78. The van der Waals surface area contributed by atoms with Crippen LogP contribution in [0.25, 0.3) is 0 Å². The number of carbonyl (C=O) groups excluding carboxylic acids is 1. The van der Waals surface area contributed by atoms with Crippen LogP contribution in [-0.4, -0.2) is 32.2 Å². The first-order chi connectivity index (χ1) is 9.65. The number of ether oxygens (including phenoxy) is 2. The summed E-state index contributed by atoms with van der Waals surface area (Å²) >= 11 is 3.46. The molecule has 2 aliphatic rings. The highest BCUT2D eigenvalue weighted by atomic mass is 79.9. The number of rotatable bonds is 2. The van der Waals surface area contributed by atoms with Gasteiger partial charge in [0, 0.05) is 23.2 Å². The number of hydrogen-bond donors (Lipinski definition) is 2. The average molecular weight is 341 g/mol. The Kier molecular flexibility index (Phi) is 3.85. The van der Waals surface area contributed by atoms with Crippen LogP contribution in [0.4, 0.5) is 5.69 Å². The fraction of sp³-hybridized carbons (Fsp3) is 0.500. The highest BCUT2D eigenvalue weighted by molar-refractivity contribution is 9.10. The van der Waals surface area contributed by atoms with E-state index < -0.39 is 0 Å². The molecular weight excluding hydrogens is 324 g/mol. The average Bonchev–Trinajstić information content (AvgIpc) is 2.86. The van der Waals surface area contributed by atoms with Gasteiger partial charge < -0.3 is 20.1 Å². The maximum Gasteiger partial charge on any atom is 0.229 e. The first-order valence-corrected chi connectivity index (χ1v) is 7.55. The topological polar surface area (TPSA) is 59.6 Å². The molecule has 20 heavy (non-hydrogen) atoms. The van der Waals surface area contributed by atoms with Crippen molar-refractivity contribution in [1.82, 2.24) is 5.32 Å². The van der Waals surface area contributed by atoms with Gasteiger partial charge in [-0.3, -0.25) is 4.79 Å². The summed E-state index contributed by atoms with van der Waals surface area (Å²) in [4.78, 5) is 12.3. The van der Waals surface area contributed by atoms with E-state index in [4.69, 9.17) is 9.47 Å². The standard InChI is InChI=1S/C14H17BrN2O3/c1-8-6-16-7-9(8)14(18)17-11-5-13-12(4-10(11)15)19-2-3-20-13/h4-5,8-9,16H,2-3,6-7H2,1H3,(H,17,18)/t8-,9-/m1/s1. The molecule has 1 saturated heterocycles. The molecule has 2 aliphatic heterocycles. The Balaban J connectivity index is 1.78. The van der Waals surface area contributed by atoms with Crippen LogP contribution in [0.15, 0.2) is 16.6 Å². The molecule has 0 aliphatic carbocycles. The highest BCUT2D eigenvalue weighted by Gasteiger charge is 2.30. The van der Waals surface area contributed by atoms with Crippen LogP contribution < -0.4 is 20.1 Å². The van der Waals surface area contributed by atoms with E-state index >= 15 is 0 Å².